The smallest absolute Gasteiger partial charge is 0.261 e. The molecular weight excluding hydrogens is 419 g/mol. The van der Waals surface area contributed by atoms with Crippen LogP contribution in [0.5, 0.6) is 0 Å². The van der Waals surface area contributed by atoms with Crippen molar-refractivity contribution in [2.75, 3.05) is 11.1 Å². The highest BCUT2D eigenvalue weighted by atomic mass is 32.2. The summed E-state index contributed by atoms with van der Waals surface area (Å²) in [7, 11) is -3.33. The number of carbonyl (C=O) groups is 1. The maximum Gasteiger partial charge on any atom is 0.261 e. The highest BCUT2D eigenvalue weighted by Gasteiger charge is 2.21. The van der Waals surface area contributed by atoms with E-state index in [1.165, 1.54) is 41.2 Å². The van der Waals surface area contributed by atoms with E-state index in [1.54, 1.807) is 54.2 Å². The number of carbonyl (C=O) groups excluding carboxylic acids is 1. The van der Waals surface area contributed by atoms with Crippen molar-refractivity contribution in [2.24, 2.45) is 0 Å². The third kappa shape index (κ3) is 3.99. The van der Waals surface area contributed by atoms with Crippen LogP contribution in [0.25, 0.3) is 11.5 Å². The summed E-state index contributed by atoms with van der Waals surface area (Å²) in [6.07, 6.45) is 4.83. The third-order valence-electron chi connectivity index (χ3n) is 4.77. The van der Waals surface area contributed by atoms with Crippen LogP contribution >= 0.6 is 0 Å². The summed E-state index contributed by atoms with van der Waals surface area (Å²) in [6, 6.07) is 15.7. The predicted octanol–water partition coefficient (Wildman–Crippen LogP) is 3.85. The molecule has 2 aromatic heterocycles. The van der Waals surface area contributed by atoms with E-state index in [2.05, 4.69) is 10.4 Å². The number of nitrogens with one attached hydrogen (secondary N) is 1. The number of aromatic nitrogens is 3. The zero-order valence-electron chi connectivity index (χ0n) is 16.6. The minimum absolute atomic E-state index is 0.00579. The Morgan fingerprint density at radius 3 is 2.35 bits per heavy atom. The van der Waals surface area contributed by atoms with E-state index in [-0.39, 0.29) is 21.9 Å². The van der Waals surface area contributed by atoms with Gasteiger partial charge in [-0.1, -0.05) is 19.1 Å². The van der Waals surface area contributed by atoms with E-state index in [1.807, 2.05) is 0 Å². The van der Waals surface area contributed by atoms with Crippen molar-refractivity contribution in [1.29, 1.82) is 0 Å². The van der Waals surface area contributed by atoms with Gasteiger partial charge in [-0.05, 0) is 48.5 Å². The zero-order chi connectivity index (χ0) is 22.0. The molecule has 0 unspecified atom stereocenters. The molecule has 0 aliphatic rings. The van der Waals surface area contributed by atoms with E-state index in [0.29, 0.717) is 11.5 Å². The van der Waals surface area contributed by atoms with Crippen LogP contribution in [0, 0.1) is 5.82 Å². The fourth-order valence-electron chi connectivity index (χ4n) is 3.14. The van der Waals surface area contributed by atoms with Crippen LogP contribution in [-0.4, -0.2) is 34.4 Å². The van der Waals surface area contributed by atoms with Gasteiger partial charge in [0.1, 0.15) is 17.1 Å². The molecule has 0 spiro atoms. The normalized spacial score (nSPS) is 11.4. The number of rotatable bonds is 6. The van der Waals surface area contributed by atoms with Crippen molar-refractivity contribution in [2.45, 2.75) is 11.8 Å². The van der Waals surface area contributed by atoms with Crippen LogP contribution in [0.2, 0.25) is 0 Å². The molecule has 4 aromatic rings. The lowest BCUT2D eigenvalue weighted by Crippen LogP contribution is -2.15. The molecule has 1 N–H and O–H groups in total. The number of hydrogen-bond acceptors (Lipinski definition) is 4. The maximum absolute atomic E-state index is 14.4. The first-order valence-corrected chi connectivity index (χ1v) is 11.2. The lowest BCUT2D eigenvalue weighted by Gasteiger charge is -2.12. The minimum Gasteiger partial charge on any atom is -0.322 e. The molecule has 4 rings (SSSR count). The summed E-state index contributed by atoms with van der Waals surface area (Å²) in [5, 5.41) is 6.98. The van der Waals surface area contributed by atoms with Crippen LogP contribution in [0.3, 0.4) is 0 Å². The van der Waals surface area contributed by atoms with E-state index >= 15 is 0 Å². The Morgan fingerprint density at radius 1 is 1.03 bits per heavy atom. The first kappa shape index (κ1) is 20.5. The van der Waals surface area contributed by atoms with Crippen LogP contribution in [0.15, 0.2) is 84.1 Å². The second-order valence-corrected chi connectivity index (χ2v) is 9.00. The number of sulfone groups is 1. The quantitative estimate of drug-likeness (QED) is 0.496. The Labute approximate surface area is 178 Å². The van der Waals surface area contributed by atoms with Gasteiger partial charge >= 0.3 is 0 Å². The third-order valence-corrected chi connectivity index (χ3v) is 6.52. The van der Waals surface area contributed by atoms with Gasteiger partial charge in [0.05, 0.1) is 16.8 Å². The standard InChI is InChI=1S/C22H19FN4O3S/c1-2-31(29,30)17-11-9-16(10-12-17)25-21(28)18-15-24-27(20-8-4-3-7-19(20)23)22(18)26-13-5-6-14-26/h3-15H,2H2,1H3,(H,25,28). The molecule has 9 heteroatoms. The number of hydrogen-bond donors (Lipinski definition) is 1. The van der Waals surface area contributed by atoms with Crippen molar-refractivity contribution < 1.29 is 17.6 Å². The van der Waals surface area contributed by atoms with Gasteiger partial charge in [0, 0.05) is 18.1 Å². The van der Waals surface area contributed by atoms with Crippen LogP contribution in [0.1, 0.15) is 17.3 Å². The lowest BCUT2D eigenvalue weighted by atomic mass is 10.2. The number of nitrogens with zero attached hydrogens (tertiary/aromatic N) is 3. The van der Waals surface area contributed by atoms with E-state index in [0.717, 1.165) is 0 Å². The Kier molecular flexibility index (Phi) is 5.43. The summed E-state index contributed by atoms with van der Waals surface area (Å²) >= 11 is 0. The predicted molar refractivity (Wildman–Crippen MR) is 115 cm³/mol. The molecule has 0 fully saturated rings. The van der Waals surface area contributed by atoms with Gasteiger partial charge in [-0.2, -0.15) is 5.10 Å². The average Bonchev–Trinajstić information content (AvgIpc) is 3.44. The molecule has 2 aromatic carbocycles. The summed E-state index contributed by atoms with van der Waals surface area (Å²) in [5.41, 5.74) is 0.862. The fourth-order valence-corrected chi connectivity index (χ4v) is 4.02. The molecule has 7 nitrogen and oxygen atoms in total. The highest BCUT2D eigenvalue weighted by molar-refractivity contribution is 7.91. The van der Waals surface area contributed by atoms with Gasteiger partial charge in [0.2, 0.25) is 0 Å². The van der Waals surface area contributed by atoms with Crippen LogP contribution < -0.4 is 5.32 Å². The van der Waals surface area contributed by atoms with Gasteiger partial charge in [0.15, 0.2) is 15.7 Å². The second kappa shape index (κ2) is 8.19. The molecule has 0 saturated carbocycles. The fraction of sp³-hybridized carbons (Fsp3) is 0.0909. The minimum atomic E-state index is -3.33. The Bertz CT molecular complexity index is 1330. The number of amides is 1. The molecule has 0 aliphatic heterocycles. The van der Waals surface area contributed by atoms with E-state index in [9.17, 15) is 17.6 Å². The monoisotopic (exact) mass is 438 g/mol. The first-order chi connectivity index (χ1) is 14.9. The van der Waals surface area contributed by atoms with Crippen molar-refractivity contribution in [3.05, 3.63) is 90.6 Å². The van der Waals surface area contributed by atoms with Crippen molar-refractivity contribution >= 4 is 21.4 Å². The van der Waals surface area contributed by atoms with Gasteiger partial charge < -0.3 is 9.88 Å². The Hall–Kier alpha value is -3.72. The zero-order valence-corrected chi connectivity index (χ0v) is 17.4. The summed E-state index contributed by atoms with van der Waals surface area (Å²) in [4.78, 5) is 13.2. The number of benzene rings is 2. The van der Waals surface area contributed by atoms with Crippen molar-refractivity contribution in [1.82, 2.24) is 14.3 Å². The largest absolute Gasteiger partial charge is 0.322 e. The Balaban J connectivity index is 1.70. The molecule has 158 valence electrons. The number of halogens is 1. The molecule has 0 radical (unpaired) electrons. The molecule has 1 amide bonds. The molecule has 0 saturated heterocycles. The SMILES string of the molecule is CCS(=O)(=O)c1ccc(NC(=O)c2cnn(-c3ccccc3F)c2-n2cccc2)cc1. The van der Waals surface area contributed by atoms with Gasteiger partial charge in [-0.3, -0.25) is 4.79 Å². The van der Waals surface area contributed by atoms with Crippen LogP contribution in [-0.2, 0) is 9.84 Å². The van der Waals surface area contributed by atoms with Gasteiger partial charge in [-0.25, -0.2) is 17.5 Å². The molecular formula is C22H19FN4O3S. The molecule has 0 atom stereocenters. The van der Waals surface area contributed by atoms with E-state index < -0.39 is 21.6 Å². The number of anilines is 1. The number of para-hydroxylation sites is 1. The van der Waals surface area contributed by atoms with E-state index in [4.69, 9.17) is 0 Å². The highest BCUT2D eigenvalue weighted by Crippen LogP contribution is 2.23. The van der Waals surface area contributed by atoms with Crippen molar-refractivity contribution in [3.63, 3.8) is 0 Å². The molecule has 0 bridgehead atoms. The summed E-state index contributed by atoms with van der Waals surface area (Å²) < 4.78 is 41.4. The van der Waals surface area contributed by atoms with Gasteiger partial charge in [-0.15, -0.1) is 0 Å². The lowest BCUT2D eigenvalue weighted by molar-refractivity contribution is 0.102. The summed E-state index contributed by atoms with van der Waals surface area (Å²) in [5.74, 6) is -0.567. The first-order valence-electron chi connectivity index (χ1n) is 9.51. The second-order valence-electron chi connectivity index (χ2n) is 6.72. The van der Waals surface area contributed by atoms with Crippen LogP contribution in [0.4, 0.5) is 10.1 Å². The topological polar surface area (TPSA) is 86.0 Å². The molecule has 31 heavy (non-hydrogen) atoms. The maximum atomic E-state index is 14.4. The van der Waals surface area contributed by atoms with Gasteiger partial charge in [0.25, 0.3) is 5.91 Å². The van der Waals surface area contributed by atoms with Crippen molar-refractivity contribution in [3.8, 4) is 11.5 Å². The Morgan fingerprint density at radius 2 is 1.71 bits per heavy atom. The summed E-state index contributed by atoms with van der Waals surface area (Å²) in [6.45, 7) is 1.57. The average molecular weight is 438 g/mol. The molecule has 0 aliphatic carbocycles. The molecule has 2 heterocycles.